The van der Waals surface area contributed by atoms with Crippen LogP contribution in [0.15, 0.2) is 0 Å². The zero-order valence-electron chi connectivity index (χ0n) is 12.3. The number of rotatable bonds is 5. The maximum Gasteiger partial charge on any atom is 0.176 e. The number of thiophene rings is 1. The third kappa shape index (κ3) is 3.26. The average molecular weight is 296 g/mol. The van der Waals surface area contributed by atoms with Crippen LogP contribution in [0.4, 0.5) is 10.7 Å². The summed E-state index contributed by atoms with van der Waals surface area (Å²) < 4.78 is 5.39. The minimum absolute atomic E-state index is 0.0831. The van der Waals surface area contributed by atoms with Crippen molar-refractivity contribution in [3.63, 3.8) is 0 Å². The molecule has 0 aliphatic heterocycles. The normalized spacial score (nSPS) is 16.7. The van der Waals surface area contributed by atoms with Crippen molar-refractivity contribution in [2.75, 3.05) is 18.2 Å². The van der Waals surface area contributed by atoms with E-state index in [4.69, 9.17) is 10.5 Å². The van der Waals surface area contributed by atoms with Crippen LogP contribution >= 0.6 is 11.3 Å². The van der Waals surface area contributed by atoms with Gasteiger partial charge in [0.1, 0.15) is 5.00 Å². The Morgan fingerprint density at radius 3 is 2.55 bits per heavy atom. The lowest BCUT2D eigenvalue weighted by Gasteiger charge is -2.17. The monoisotopic (exact) mass is 296 g/mol. The number of carbonyl (C=O) groups excluding carboxylic acids is 1. The van der Waals surface area contributed by atoms with Crippen molar-refractivity contribution < 1.29 is 9.53 Å². The molecule has 1 saturated carbocycles. The van der Waals surface area contributed by atoms with Crippen LogP contribution < -0.4 is 15.8 Å². The topological polar surface area (TPSA) is 64.3 Å². The Balaban J connectivity index is 2.19. The number of hydrogen-bond donors (Lipinski definition) is 2. The fraction of sp³-hybridized carbons (Fsp3) is 0.667. The molecular formula is C15H24N2O2S. The zero-order chi connectivity index (χ0) is 14.5. The summed E-state index contributed by atoms with van der Waals surface area (Å²) in [7, 11) is 1.61. The van der Waals surface area contributed by atoms with Gasteiger partial charge in [-0.3, -0.25) is 4.79 Å². The van der Waals surface area contributed by atoms with E-state index in [2.05, 4.69) is 5.32 Å². The molecule has 2 rings (SSSR count). The first-order valence-corrected chi connectivity index (χ1v) is 8.25. The van der Waals surface area contributed by atoms with Crippen molar-refractivity contribution >= 4 is 27.8 Å². The molecule has 5 heteroatoms. The number of hydrogen-bond acceptors (Lipinski definition) is 5. The predicted octanol–water partition coefficient (Wildman–Crippen LogP) is 4.07. The van der Waals surface area contributed by atoms with Gasteiger partial charge in [0, 0.05) is 12.5 Å². The van der Waals surface area contributed by atoms with E-state index in [1.165, 1.54) is 49.9 Å². The third-order valence-electron chi connectivity index (χ3n) is 3.87. The van der Waals surface area contributed by atoms with E-state index >= 15 is 0 Å². The van der Waals surface area contributed by atoms with Gasteiger partial charge in [-0.25, -0.2) is 0 Å². The summed E-state index contributed by atoms with van der Waals surface area (Å²) in [5, 5.41) is 4.45. The van der Waals surface area contributed by atoms with E-state index in [1.54, 1.807) is 7.11 Å². The van der Waals surface area contributed by atoms with Crippen LogP contribution in [0.25, 0.3) is 0 Å². The number of ether oxygens (including phenoxy) is 1. The summed E-state index contributed by atoms with van der Waals surface area (Å²) in [5.74, 6) is 0.718. The molecule has 0 amide bonds. The number of nitrogens with two attached hydrogens (primary N) is 1. The first kappa shape index (κ1) is 15.2. The van der Waals surface area contributed by atoms with Crippen LogP contribution in [0.1, 0.15) is 61.5 Å². The number of anilines is 2. The Kier molecular flexibility index (Phi) is 5.29. The highest BCUT2D eigenvalue weighted by Crippen LogP contribution is 2.43. The molecule has 1 fully saturated rings. The van der Waals surface area contributed by atoms with E-state index in [-0.39, 0.29) is 5.78 Å². The molecule has 4 nitrogen and oxygen atoms in total. The van der Waals surface area contributed by atoms with Crippen molar-refractivity contribution in [1.29, 1.82) is 0 Å². The summed E-state index contributed by atoms with van der Waals surface area (Å²) in [6.45, 7) is 1.85. The number of nitrogens with one attached hydrogen (secondary N) is 1. The van der Waals surface area contributed by atoms with E-state index in [1.807, 2.05) is 6.92 Å². The molecule has 0 aromatic carbocycles. The van der Waals surface area contributed by atoms with Gasteiger partial charge in [-0.2, -0.15) is 0 Å². The fourth-order valence-corrected chi connectivity index (χ4v) is 3.88. The SMILES string of the molecule is CCC(=O)c1sc(NC2CCCCCC2)c(OC)c1N. The van der Waals surface area contributed by atoms with Crippen LogP contribution in [0, 0.1) is 0 Å². The van der Waals surface area contributed by atoms with Gasteiger partial charge in [0.2, 0.25) is 0 Å². The molecule has 0 radical (unpaired) electrons. The first-order valence-electron chi connectivity index (χ1n) is 7.43. The summed E-state index contributed by atoms with van der Waals surface area (Å²) in [6.07, 6.45) is 8.00. The van der Waals surface area contributed by atoms with Crippen LogP contribution in [0.3, 0.4) is 0 Å². The summed E-state index contributed by atoms with van der Waals surface area (Å²) >= 11 is 1.43. The Labute approximate surface area is 124 Å². The number of carbonyl (C=O) groups is 1. The minimum Gasteiger partial charge on any atom is -0.492 e. The average Bonchev–Trinajstić information content (AvgIpc) is 2.63. The third-order valence-corrected chi connectivity index (χ3v) is 5.03. The molecule has 1 aliphatic rings. The maximum atomic E-state index is 11.9. The van der Waals surface area contributed by atoms with Crippen molar-refractivity contribution in [1.82, 2.24) is 0 Å². The second-order valence-electron chi connectivity index (χ2n) is 5.32. The second-order valence-corrected chi connectivity index (χ2v) is 6.34. The number of Topliss-reactive ketones (excluding diaryl/α,β-unsaturated/α-hetero) is 1. The first-order chi connectivity index (χ1) is 9.67. The number of methoxy groups -OCH3 is 1. The smallest absolute Gasteiger partial charge is 0.176 e. The van der Waals surface area contributed by atoms with E-state index in [0.717, 1.165) is 5.00 Å². The number of nitrogen functional groups attached to an aromatic ring is 1. The Bertz CT molecular complexity index is 463. The molecule has 0 saturated heterocycles. The molecule has 0 spiro atoms. The van der Waals surface area contributed by atoms with Gasteiger partial charge >= 0.3 is 0 Å². The van der Waals surface area contributed by atoms with Gasteiger partial charge < -0.3 is 15.8 Å². The van der Waals surface area contributed by atoms with Gasteiger partial charge in [-0.15, -0.1) is 11.3 Å². The summed E-state index contributed by atoms with van der Waals surface area (Å²) in [6, 6.07) is 0.467. The Hall–Kier alpha value is -1.23. The Morgan fingerprint density at radius 2 is 2.00 bits per heavy atom. The van der Waals surface area contributed by atoms with Gasteiger partial charge in [-0.1, -0.05) is 32.6 Å². The van der Waals surface area contributed by atoms with Crippen molar-refractivity contribution in [2.45, 2.75) is 57.9 Å². The molecule has 1 aromatic rings. The molecule has 1 aliphatic carbocycles. The van der Waals surface area contributed by atoms with Crippen LogP contribution in [-0.2, 0) is 0 Å². The lowest BCUT2D eigenvalue weighted by molar-refractivity contribution is 0.0992. The van der Waals surface area contributed by atoms with Crippen LogP contribution in [-0.4, -0.2) is 18.9 Å². The maximum absolute atomic E-state index is 11.9. The fourth-order valence-electron chi connectivity index (χ4n) is 2.70. The number of ketones is 1. The molecule has 1 heterocycles. The standard InChI is InChI=1S/C15H24N2O2S/c1-3-11(18)14-12(16)13(19-2)15(20-14)17-10-8-6-4-5-7-9-10/h10,17H,3-9,16H2,1-2H3. The van der Waals surface area contributed by atoms with Crippen molar-refractivity contribution in [3.05, 3.63) is 4.88 Å². The highest BCUT2D eigenvalue weighted by atomic mass is 32.1. The van der Waals surface area contributed by atoms with E-state index in [9.17, 15) is 4.79 Å². The summed E-state index contributed by atoms with van der Waals surface area (Å²) in [5.41, 5.74) is 6.54. The lowest BCUT2D eigenvalue weighted by Crippen LogP contribution is -2.17. The van der Waals surface area contributed by atoms with Crippen LogP contribution in [0.5, 0.6) is 5.75 Å². The van der Waals surface area contributed by atoms with Crippen LogP contribution in [0.2, 0.25) is 0 Å². The Morgan fingerprint density at radius 1 is 1.35 bits per heavy atom. The van der Waals surface area contributed by atoms with Gasteiger partial charge in [0.05, 0.1) is 17.7 Å². The highest BCUT2D eigenvalue weighted by molar-refractivity contribution is 7.19. The lowest BCUT2D eigenvalue weighted by atomic mass is 10.1. The van der Waals surface area contributed by atoms with E-state index in [0.29, 0.717) is 28.8 Å². The molecule has 0 unspecified atom stereocenters. The molecule has 20 heavy (non-hydrogen) atoms. The van der Waals surface area contributed by atoms with Gasteiger partial charge in [-0.05, 0) is 12.8 Å². The molecular weight excluding hydrogens is 272 g/mol. The molecule has 112 valence electrons. The summed E-state index contributed by atoms with van der Waals surface area (Å²) in [4.78, 5) is 12.5. The highest BCUT2D eigenvalue weighted by Gasteiger charge is 2.23. The van der Waals surface area contributed by atoms with Gasteiger partial charge in [0.25, 0.3) is 0 Å². The van der Waals surface area contributed by atoms with E-state index < -0.39 is 0 Å². The molecule has 0 atom stereocenters. The largest absolute Gasteiger partial charge is 0.492 e. The predicted molar refractivity (Wildman–Crippen MR) is 85.0 cm³/mol. The van der Waals surface area contributed by atoms with Crippen molar-refractivity contribution in [2.24, 2.45) is 0 Å². The van der Waals surface area contributed by atoms with Gasteiger partial charge in [0.15, 0.2) is 11.5 Å². The molecule has 1 aromatic heterocycles. The van der Waals surface area contributed by atoms with Crippen molar-refractivity contribution in [3.8, 4) is 5.75 Å². The molecule has 0 bridgehead atoms. The quantitative estimate of drug-likeness (QED) is 0.635. The second kappa shape index (κ2) is 6.97. The minimum atomic E-state index is 0.0831. The zero-order valence-corrected chi connectivity index (χ0v) is 13.1. The molecule has 3 N–H and O–H groups in total.